The lowest BCUT2D eigenvalue weighted by atomic mass is 10.1. The largest absolute Gasteiger partial charge is 0.398 e. The second kappa shape index (κ2) is 6.30. The molecule has 1 fully saturated rings. The lowest BCUT2D eigenvalue weighted by Crippen LogP contribution is -2.42. The van der Waals surface area contributed by atoms with Gasteiger partial charge in [-0.15, -0.1) is 0 Å². The van der Waals surface area contributed by atoms with Crippen LogP contribution in [0.25, 0.3) is 0 Å². The van der Waals surface area contributed by atoms with Crippen LogP contribution >= 0.6 is 11.6 Å². The van der Waals surface area contributed by atoms with Crippen molar-refractivity contribution in [1.82, 2.24) is 4.72 Å². The highest BCUT2D eigenvalue weighted by Gasteiger charge is 2.29. The van der Waals surface area contributed by atoms with Crippen LogP contribution in [0.15, 0.2) is 23.1 Å². The van der Waals surface area contributed by atoms with Crippen LogP contribution in [0, 0.1) is 0 Å². The average molecular weight is 319 g/mol. The molecule has 0 aliphatic heterocycles. The van der Waals surface area contributed by atoms with E-state index in [-0.39, 0.29) is 15.6 Å². The summed E-state index contributed by atoms with van der Waals surface area (Å²) in [6, 6.07) is 4.08. The SMILES string of the molecule is Nc1cccc(Cl)c1S(=O)(=O)NC1CCCCCC1O. The number of benzene rings is 1. The Balaban J connectivity index is 2.26. The number of nitrogen functional groups attached to an aromatic ring is 1. The number of aliphatic hydroxyl groups excluding tert-OH is 1. The molecule has 0 amide bonds. The molecule has 1 aromatic carbocycles. The summed E-state index contributed by atoms with van der Waals surface area (Å²) in [5.41, 5.74) is 5.82. The molecule has 0 heterocycles. The van der Waals surface area contributed by atoms with Gasteiger partial charge in [0.1, 0.15) is 4.90 Å². The van der Waals surface area contributed by atoms with Crippen molar-refractivity contribution in [2.45, 2.75) is 49.1 Å². The van der Waals surface area contributed by atoms with Gasteiger partial charge < -0.3 is 10.8 Å². The predicted octanol–water partition coefficient (Wildman–Crippen LogP) is 1.89. The summed E-state index contributed by atoms with van der Waals surface area (Å²) >= 11 is 5.94. The van der Waals surface area contributed by atoms with Crippen molar-refractivity contribution in [3.05, 3.63) is 23.2 Å². The Bertz CT molecular complexity index is 557. The summed E-state index contributed by atoms with van der Waals surface area (Å²) in [5.74, 6) is 0. The Morgan fingerprint density at radius 3 is 2.65 bits per heavy atom. The Labute approximate surface area is 124 Å². The molecule has 0 bridgehead atoms. The Kier molecular flexibility index (Phi) is 4.90. The predicted molar refractivity (Wildman–Crippen MR) is 79.1 cm³/mol. The highest BCUT2D eigenvalue weighted by atomic mass is 35.5. The molecule has 1 saturated carbocycles. The van der Waals surface area contributed by atoms with Gasteiger partial charge in [0.05, 0.1) is 16.8 Å². The van der Waals surface area contributed by atoms with Gasteiger partial charge in [0.15, 0.2) is 0 Å². The van der Waals surface area contributed by atoms with Crippen LogP contribution in [0.3, 0.4) is 0 Å². The summed E-state index contributed by atoms with van der Waals surface area (Å²) in [6.45, 7) is 0. The van der Waals surface area contributed by atoms with E-state index in [4.69, 9.17) is 17.3 Å². The lowest BCUT2D eigenvalue weighted by molar-refractivity contribution is 0.130. The fraction of sp³-hybridized carbons (Fsp3) is 0.538. The molecule has 1 aromatic rings. The van der Waals surface area contributed by atoms with Crippen LogP contribution in [0.4, 0.5) is 5.69 Å². The minimum absolute atomic E-state index is 0.0839. The van der Waals surface area contributed by atoms with Gasteiger partial charge in [-0.1, -0.05) is 36.9 Å². The van der Waals surface area contributed by atoms with Crippen molar-refractivity contribution in [3.63, 3.8) is 0 Å². The van der Waals surface area contributed by atoms with Crippen LogP contribution in [-0.4, -0.2) is 25.7 Å². The van der Waals surface area contributed by atoms with E-state index < -0.39 is 22.2 Å². The lowest BCUT2D eigenvalue weighted by Gasteiger charge is -2.22. The minimum atomic E-state index is -3.84. The van der Waals surface area contributed by atoms with Crippen molar-refractivity contribution in [1.29, 1.82) is 0 Å². The van der Waals surface area contributed by atoms with Crippen LogP contribution in [0.5, 0.6) is 0 Å². The molecule has 2 atom stereocenters. The van der Waals surface area contributed by atoms with Crippen molar-refractivity contribution >= 4 is 27.3 Å². The van der Waals surface area contributed by atoms with Crippen molar-refractivity contribution in [2.75, 3.05) is 5.73 Å². The van der Waals surface area contributed by atoms with Gasteiger partial charge in [0.25, 0.3) is 0 Å². The summed E-state index contributed by atoms with van der Waals surface area (Å²) in [4.78, 5) is -0.113. The maximum Gasteiger partial charge on any atom is 0.244 e. The molecule has 20 heavy (non-hydrogen) atoms. The molecule has 0 spiro atoms. The zero-order valence-electron chi connectivity index (χ0n) is 11.0. The molecule has 112 valence electrons. The smallest absolute Gasteiger partial charge is 0.244 e. The third-order valence-corrected chi connectivity index (χ3v) is 5.59. The molecule has 2 rings (SSSR count). The van der Waals surface area contributed by atoms with Gasteiger partial charge in [-0.3, -0.25) is 0 Å². The Morgan fingerprint density at radius 2 is 1.95 bits per heavy atom. The van der Waals surface area contributed by atoms with Crippen LogP contribution in [-0.2, 0) is 10.0 Å². The summed E-state index contributed by atoms with van der Waals surface area (Å²) < 4.78 is 27.4. The number of nitrogens with two attached hydrogens (primary N) is 1. The van der Waals surface area contributed by atoms with E-state index in [1.807, 2.05) is 0 Å². The van der Waals surface area contributed by atoms with E-state index in [9.17, 15) is 13.5 Å². The first kappa shape index (κ1) is 15.6. The summed E-state index contributed by atoms with van der Waals surface area (Å²) in [6.07, 6.45) is 3.35. The Hall–Kier alpha value is -0.820. The van der Waals surface area contributed by atoms with Crippen molar-refractivity contribution < 1.29 is 13.5 Å². The third kappa shape index (κ3) is 3.44. The van der Waals surface area contributed by atoms with Gasteiger partial charge in [0, 0.05) is 6.04 Å². The molecular weight excluding hydrogens is 300 g/mol. The van der Waals surface area contributed by atoms with Gasteiger partial charge in [-0.25, -0.2) is 13.1 Å². The summed E-state index contributed by atoms with van der Waals surface area (Å²) in [5, 5.41) is 10.1. The first-order valence-corrected chi connectivity index (χ1v) is 8.52. The number of sulfonamides is 1. The first-order chi connectivity index (χ1) is 9.42. The molecular formula is C13H19ClN2O3S. The molecule has 2 unspecified atom stereocenters. The van der Waals surface area contributed by atoms with E-state index in [0.29, 0.717) is 12.8 Å². The van der Waals surface area contributed by atoms with E-state index in [2.05, 4.69) is 4.72 Å². The quantitative estimate of drug-likeness (QED) is 0.586. The second-order valence-corrected chi connectivity index (χ2v) is 7.15. The van der Waals surface area contributed by atoms with Crippen molar-refractivity contribution in [2.24, 2.45) is 0 Å². The number of aliphatic hydroxyl groups is 1. The second-order valence-electron chi connectivity index (χ2n) is 5.09. The monoisotopic (exact) mass is 318 g/mol. The number of halogens is 1. The average Bonchev–Trinajstić information content (AvgIpc) is 2.54. The minimum Gasteiger partial charge on any atom is -0.398 e. The van der Waals surface area contributed by atoms with Crippen LogP contribution in [0.2, 0.25) is 5.02 Å². The Morgan fingerprint density at radius 1 is 1.25 bits per heavy atom. The van der Waals surface area contributed by atoms with E-state index in [0.717, 1.165) is 19.3 Å². The van der Waals surface area contributed by atoms with Gasteiger partial charge in [0.2, 0.25) is 10.0 Å². The third-order valence-electron chi connectivity index (χ3n) is 3.55. The fourth-order valence-electron chi connectivity index (χ4n) is 2.49. The van der Waals surface area contributed by atoms with Gasteiger partial charge in [-0.05, 0) is 25.0 Å². The maximum atomic E-state index is 12.4. The van der Waals surface area contributed by atoms with Gasteiger partial charge >= 0.3 is 0 Å². The molecule has 4 N–H and O–H groups in total. The molecule has 5 nitrogen and oxygen atoms in total. The van der Waals surface area contributed by atoms with E-state index >= 15 is 0 Å². The van der Waals surface area contributed by atoms with E-state index in [1.54, 1.807) is 6.07 Å². The number of hydrogen-bond acceptors (Lipinski definition) is 4. The normalized spacial score (nSPS) is 24.3. The van der Waals surface area contributed by atoms with Crippen LogP contribution < -0.4 is 10.5 Å². The molecule has 7 heteroatoms. The molecule has 0 radical (unpaired) electrons. The summed E-state index contributed by atoms with van der Waals surface area (Å²) in [7, 11) is -3.84. The topological polar surface area (TPSA) is 92.4 Å². The number of rotatable bonds is 3. The fourth-order valence-corrected chi connectivity index (χ4v) is 4.47. The molecule has 1 aliphatic carbocycles. The highest BCUT2D eigenvalue weighted by molar-refractivity contribution is 7.89. The van der Waals surface area contributed by atoms with Crippen molar-refractivity contribution in [3.8, 4) is 0 Å². The van der Waals surface area contributed by atoms with Gasteiger partial charge in [-0.2, -0.15) is 0 Å². The first-order valence-electron chi connectivity index (χ1n) is 6.66. The zero-order valence-corrected chi connectivity index (χ0v) is 12.6. The standard InChI is InChI=1S/C13H19ClN2O3S/c14-9-5-4-6-10(15)13(9)20(18,19)16-11-7-2-1-3-8-12(11)17/h4-6,11-12,16-17H,1-3,7-8,15H2. The van der Waals surface area contributed by atoms with Crippen LogP contribution in [0.1, 0.15) is 32.1 Å². The molecule has 0 aromatic heterocycles. The maximum absolute atomic E-state index is 12.4. The number of nitrogens with one attached hydrogen (secondary N) is 1. The zero-order chi connectivity index (χ0) is 14.8. The van der Waals surface area contributed by atoms with E-state index in [1.165, 1.54) is 12.1 Å². The molecule has 0 saturated heterocycles. The molecule has 1 aliphatic rings. The highest BCUT2D eigenvalue weighted by Crippen LogP contribution is 2.28. The number of anilines is 1. The number of hydrogen-bond donors (Lipinski definition) is 3.